The second-order valence-corrected chi connectivity index (χ2v) is 7.18. The van der Waals surface area contributed by atoms with Crippen molar-refractivity contribution in [2.45, 2.75) is 63.8 Å². The average molecular weight is 364 g/mol. The van der Waals surface area contributed by atoms with Crippen molar-refractivity contribution >= 4 is 11.8 Å². The number of amides is 2. The summed E-state index contributed by atoms with van der Waals surface area (Å²) in [5.41, 5.74) is -0.543. The fraction of sp³-hybridized carbons (Fsp3) is 0.778. The van der Waals surface area contributed by atoms with Crippen molar-refractivity contribution in [2.75, 3.05) is 26.3 Å². The third kappa shape index (κ3) is 4.60. The van der Waals surface area contributed by atoms with Crippen LogP contribution in [0.4, 0.5) is 0 Å². The van der Waals surface area contributed by atoms with E-state index < -0.39 is 5.54 Å². The molecule has 1 saturated heterocycles. The Morgan fingerprint density at radius 3 is 2.50 bits per heavy atom. The van der Waals surface area contributed by atoms with Gasteiger partial charge in [0.25, 0.3) is 0 Å². The van der Waals surface area contributed by atoms with Crippen molar-refractivity contribution in [3.63, 3.8) is 0 Å². The van der Waals surface area contributed by atoms with Gasteiger partial charge < -0.3 is 19.5 Å². The number of nitrogens with zero attached hydrogens (tertiary/aromatic N) is 3. The summed E-state index contributed by atoms with van der Waals surface area (Å²) in [6.45, 7) is 3.99. The molecule has 1 aromatic rings. The van der Waals surface area contributed by atoms with Crippen molar-refractivity contribution in [1.82, 2.24) is 20.4 Å². The fourth-order valence-electron chi connectivity index (χ4n) is 3.81. The highest BCUT2D eigenvalue weighted by Crippen LogP contribution is 2.34. The lowest BCUT2D eigenvalue weighted by atomic mass is 9.89. The molecule has 144 valence electrons. The van der Waals surface area contributed by atoms with E-state index in [9.17, 15) is 9.59 Å². The number of hydrogen-bond donors (Lipinski definition) is 1. The number of aryl methyl sites for hydroxylation is 1. The maximum absolute atomic E-state index is 12.3. The van der Waals surface area contributed by atoms with Gasteiger partial charge in [-0.15, -0.1) is 0 Å². The standard InChI is InChI=1S/C18H28N4O4/c1-14(23)20-18(8-4-2-3-5-9-18)17-19-15(26-21-17)6-7-16(24)22-10-12-25-13-11-22/h2-13H2,1H3,(H,20,23). The molecule has 3 rings (SSSR count). The van der Waals surface area contributed by atoms with Crippen LogP contribution in [0, 0.1) is 0 Å². The molecule has 0 aromatic carbocycles. The molecular weight excluding hydrogens is 336 g/mol. The van der Waals surface area contributed by atoms with Crippen molar-refractivity contribution in [3.05, 3.63) is 11.7 Å². The van der Waals surface area contributed by atoms with Crippen molar-refractivity contribution < 1.29 is 18.8 Å². The molecule has 2 heterocycles. The zero-order chi connectivity index (χ0) is 18.4. The molecule has 2 amide bonds. The molecule has 0 radical (unpaired) electrons. The monoisotopic (exact) mass is 364 g/mol. The lowest BCUT2D eigenvalue weighted by Crippen LogP contribution is -2.45. The summed E-state index contributed by atoms with van der Waals surface area (Å²) in [6.07, 6.45) is 6.75. The van der Waals surface area contributed by atoms with Crippen LogP contribution in [0.5, 0.6) is 0 Å². The maximum Gasteiger partial charge on any atom is 0.227 e. The minimum atomic E-state index is -0.543. The number of hydrogen-bond acceptors (Lipinski definition) is 6. The molecule has 0 unspecified atom stereocenters. The lowest BCUT2D eigenvalue weighted by molar-refractivity contribution is -0.135. The first kappa shape index (κ1) is 18.8. The van der Waals surface area contributed by atoms with E-state index in [2.05, 4.69) is 15.5 Å². The Morgan fingerprint density at radius 1 is 1.15 bits per heavy atom. The van der Waals surface area contributed by atoms with Gasteiger partial charge in [-0.25, -0.2) is 0 Å². The predicted octanol–water partition coefficient (Wildman–Crippen LogP) is 1.55. The first-order valence-electron chi connectivity index (χ1n) is 9.56. The predicted molar refractivity (Wildman–Crippen MR) is 93.2 cm³/mol. The number of nitrogens with one attached hydrogen (secondary N) is 1. The number of morpholine rings is 1. The Balaban J connectivity index is 1.64. The third-order valence-electron chi connectivity index (χ3n) is 5.19. The molecule has 1 aromatic heterocycles. The SMILES string of the molecule is CC(=O)NC1(c2noc(CCC(=O)N3CCOCC3)n2)CCCCCC1. The molecule has 0 bridgehead atoms. The van der Waals surface area contributed by atoms with E-state index in [1.807, 2.05) is 4.90 Å². The average Bonchev–Trinajstić information content (AvgIpc) is 3.00. The van der Waals surface area contributed by atoms with Gasteiger partial charge in [0.05, 0.1) is 13.2 Å². The van der Waals surface area contributed by atoms with Gasteiger partial charge in [-0.2, -0.15) is 4.98 Å². The molecule has 1 N–H and O–H groups in total. The molecule has 2 aliphatic rings. The van der Waals surface area contributed by atoms with Gasteiger partial charge >= 0.3 is 0 Å². The molecule has 1 saturated carbocycles. The highest BCUT2D eigenvalue weighted by Gasteiger charge is 2.38. The zero-order valence-electron chi connectivity index (χ0n) is 15.5. The molecule has 0 spiro atoms. The Kier molecular flexibility index (Phi) is 6.24. The number of rotatable bonds is 5. The Morgan fingerprint density at radius 2 is 1.85 bits per heavy atom. The van der Waals surface area contributed by atoms with Crippen LogP contribution in [0.2, 0.25) is 0 Å². The number of aromatic nitrogens is 2. The maximum atomic E-state index is 12.3. The van der Waals surface area contributed by atoms with E-state index in [1.54, 1.807) is 0 Å². The lowest BCUT2D eigenvalue weighted by Gasteiger charge is -2.30. The van der Waals surface area contributed by atoms with E-state index in [0.717, 1.165) is 38.5 Å². The van der Waals surface area contributed by atoms with Crippen LogP contribution in [0.1, 0.15) is 63.6 Å². The topological polar surface area (TPSA) is 97.6 Å². The van der Waals surface area contributed by atoms with Crippen LogP contribution in [0.15, 0.2) is 4.52 Å². The summed E-state index contributed by atoms with van der Waals surface area (Å²) in [5, 5.41) is 7.22. The summed E-state index contributed by atoms with van der Waals surface area (Å²) in [4.78, 5) is 30.3. The van der Waals surface area contributed by atoms with Gasteiger partial charge in [0, 0.05) is 32.9 Å². The normalized spacial score (nSPS) is 20.4. The van der Waals surface area contributed by atoms with Gasteiger partial charge in [0.2, 0.25) is 17.7 Å². The van der Waals surface area contributed by atoms with Crippen LogP contribution >= 0.6 is 0 Å². The van der Waals surface area contributed by atoms with Crippen LogP contribution in [0.3, 0.4) is 0 Å². The van der Waals surface area contributed by atoms with Gasteiger partial charge in [0.1, 0.15) is 5.54 Å². The molecular formula is C18H28N4O4. The first-order chi connectivity index (χ1) is 12.6. The summed E-state index contributed by atoms with van der Waals surface area (Å²) < 4.78 is 10.7. The van der Waals surface area contributed by atoms with Crippen LogP contribution < -0.4 is 5.32 Å². The van der Waals surface area contributed by atoms with Crippen molar-refractivity contribution in [2.24, 2.45) is 0 Å². The third-order valence-corrected chi connectivity index (χ3v) is 5.19. The minimum Gasteiger partial charge on any atom is -0.378 e. The summed E-state index contributed by atoms with van der Waals surface area (Å²) in [6, 6.07) is 0. The van der Waals surface area contributed by atoms with Crippen molar-refractivity contribution in [3.8, 4) is 0 Å². The quantitative estimate of drug-likeness (QED) is 0.796. The summed E-state index contributed by atoms with van der Waals surface area (Å²) >= 11 is 0. The molecule has 26 heavy (non-hydrogen) atoms. The van der Waals surface area contributed by atoms with Crippen LogP contribution in [-0.4, -0.2) is 53.2 Å². The first-order valence-corrected chi connectivity index (χ1v) is 9.56. The summed E-state index contributed by atoms with van der Waals surface area (Å²) in [7, 11) is 0. The van der Waals surface area contributed by atoms with E-state index in [0.29, 0.717) is 50.9 Å². The highest BCUT2D eigenvalue weighted by molar-refractivity contribution is 5.76. The van der Waals surface area contributed by atoms with Gasteiger partial charge in [-0.1, -0.05) is 30.8 Å². The Labute approximate surface area is 153 Å². The molecule has 2 fully saturated rings. The Bertz CT molecular complexity index is 616. The minimum absolute atomic E-state index is 0.0825. The largest absolute Gasteiger partial charge is 0.378 e. The zero-order valence-corrected chi connectivity index (χ0v) is 15.5. The van der Waals surface area contributed by atoms with Crippen molar-refractivity contribution in [1.29, 1.82) is 0 Å². The van der Waals surface area contributed by atoms with Gasteiger partial charge in [0.15, 0.2) is 5.82 Å². The van der Waals surface area contributed by atoms with E-state index in [4.69, 9.17) is 9.26 Å². The molecule has 0 atom stereocenters. The van der Waals surface area contributed by atoms with Crippen LogP contribution in [0.25, 0.3) is 0 Å². The smallest absolute Gasteiger partial charge is 0.227 e. The van der Waals surface area contributed by atoms with Gasteiger partial charge in [-0.3, -0.25) is 9.59 Å². The molecule has 8 heteroatoms. The molecule has 8 nitrogen and oxygen atoms in total. The van der Waals surface area contributed by atoms with E-state index in [-0.39, 0.29) is 11.8 Å². The second-order valence-electron chi connectivity index (χ2n) is 7.18. The Hall–Kier alpha value is -1.96. The van der Waals surface area contributed by atoms with E-state index in [1.165, 1.54) is 6.92 Å². The molecule has 1 aliphatic heterocycles. The van der Waals surface area contributed by atoms with Gasteiger partial charge in [-0.05, 0) is 12.8 Å². The van der Waals surface area contributed by atoms with E-state index >= 15 is 0 Å². The number of carbonyl (C=O) groups excluding carboxylic acids is 2. The second kappa shape index (κ2) is 8.62. The number of carbonyl (C=O) groups is 2. The highest BCUT2D eigenvalue weighted by atomic mass is 16.5. The molecule has 1 aliphatic carbocycles. The fourth-order valence-corrected chi connectivity index (χ4v) is 3.81. The summed E-state index contributed by atoms with van der Waals surface area (Å²) in [5.74, 6) is 0.999. The van der Waals surface area contributed by atoms with Crippen LogP contribution in [-0.2, 0) is 26.3 Å². The number of ether oxygens (including phenoxy) is 1.